The largest absolute Gasteiger partial charge is 0.465 e. The Morgan fingerprint density at radius 3 is 2.48 bits per heavy atom. The van der Waals surface area contributed by atoms with Crippen LogP contribution in [0.3, 0.4) is 0 Å². The van der Waals surface area contributed by atoms with Crippen LogP contribution < -0.4 is 5.32 Å². The molecule has 3 amide bonds. The summed E-state index contributed by atoms with van der Waals surface area (Å²) in [6.07, 6.45) is 1.49. The van der Waals surface area contributed by atoms with Gasteiger partial charge in [-0.3, -0.25) is 19.3 Å². The molecule has 0 bridgehead atoms. The average molecular weight is 414 g/mol. The van der Waals surface area contributed by atoms with E-state index in [2.05, 4.69) is 10.1 Å². The number of methoxy groups -OCH3 is 1. The van der Waals surface area contributed by atoms with E-state index in [0.717, 1.165) is 4.90 Å². The molecule has 1 N–H and O–H groups in total. The Morgan fingerprint density at radius 1 is 1.14 bits per heavy atom. The van der Waals surface area contributed by atoms with Crippen LogP contribution in [0.2, 0.25) is 0 Å². The third-order valence-corrected chi connectivity index (χ3v) is 4.86. The molecule has 2 aromatic carbocycles. The minimum absolute atomic E-state index is 0.0364. The highest BCUT2D eigenvalue weighted by molar-refractivity contribution is 8.18. The Morgan fingerprint density at radius 2 is 1.83 bits per heavy atom. The van der Waals surface area contributed by atoms with E-state index >= 15 is 0 Å². The normalized spacial score (nSPS) is 15.0. The lowest BCUT2D eigenvalue weighted by Gasteiger charge is -2.12. The minimum atomic E-state index is -0.693. The van der Waals surface area contributed by atoms with Crippen LogP contribution in [0.5, 0.6) is 0 Å². The first-order valence-electron chi connectivity index (χ1n) is 8.37. The summed E-state index contributed by atoms with van der Waals surface area (Å²) >= 11 is 0.696. The summed E-state index contributed by atoms with van der Waals surface area (Å²) in [5, 5.41) is 1.73. The molecular weight excluding hydrogens is 399 g/mol. The van der Waals surface area contributed by atoms with Gasteiger partial charge in [0, 0.05) is 0 Å². The predicted molar refractivity (Wildman–Crippen MR) is 105 cm³/mol. The molecule has 0 atom stereocenters. The van der Waals surface area contributed by atoms with Gasteiger partial charge in [0.05, 0.1) is 23.3 Å². The number of nitrogens with zero attached hydrogens (tertiary/aromatic N) is 1. The standard InChI is InChI=1S/C20H15FN2O5S/c1-28-19(26)13-8-6-12(7-9-13)10-16-18(25)23(20(27)29-16)11-17(24)22-15-5-3-2-4-14(15)21/h2-10H,11H2,1H3,(H,22,24)/b16-10-. The zero-order valence-corrected chi connectivity index (χ0v) is 16.0. The maximum atomic E-state index is 13.6. The van der Waals surface area contributed by atoms with Crippen LogP contribution in [0.4, 0.5) is 14.9 Å². The molecule has 0 aromatic heterocycles. The highest BCUT2D eigenvalue weighted by atomic mass is 32.2. The first-order valence-corrected chi connectivity index (χ1v) is 9.19. The van der Waals surface area contributed by atoms with Crippen molar-refractivity contribution in [3.8, 4) is 0 Å². The highest BCUT2D eigenvalue weighted by Gasteiger charge is 2.36. The second-order valence-corrected chi connectivity index (χ2v) is 6.90. The monoisotopic (exact) mass is 414 g/mol. The molecule has 0 aliphatic carbocycles. The topological polar surface area (TPSA) is 92.8 Å². The quantitative estimate of drug-likeness (QED) is 0.596. The molecule has 1 heterocycles. The van der Waals surface area contributed by atoms with Crippen molar-refractivity contribution in [2.75, 3.05) is 19.0 Å². The number of esters is 1. The summed E-state index contributed by atoms with van der Waals surface area (Å²) in [7, 11) is 1.27. The van der Waals surface area contributed by atoms with Gasteiger partial charge in [-0.15, -0.1) is 0 Å². The van der Waals surface area contributed by atoms with E-state index in [-0.39, 0.29) is 10.6 Å². The van der Waals surface area contributed by atoms with Gasteiger partial charge in [-0.25, -0.2) is 9.18 Å². The minimum Gasteiger partial charge on any atom is -0.465 e. The van der Waals surface area contributed by atoms with E-state index in [1.54, 1.807) is 18.2 Å². The number of hydrogen-bond donors (Lipinski definition) is 1. The fourth-order valence-corrected chi connectivity index (χ4v) is 3.36. The Bertz CT molecular complexity index is 1020. The van der Waals surface area contributed by atoms with Crippen molar-refractivity contribution >= 4 is 46.5 Å². The lowest BCUT2D eigenvalue weighted by Crippen LogP contribution is -2.36. The van der Waals surface area contributed by atoms with Crippen molar-refractivity contribution in [2.45, 2.75) is 0 Å². The molecule has 0 radical (unpaired) electrons. The first kappa shape index (κ1) is 20.3. The molecule has 29 heavy (non-hydrogen) atoms. The number of hydrogen-bond acceptors (Lipinski definition) is 6. The lowest BCUT2D eigenvalue weighted by molar-refractivity contribution is -0.127. The molecular formula is C20H15FN2O5S. The average Bonchev–Trinajstić information content (AvgIpc) is 2.97. The van der Waals surface area contributed by atoms with E-state index in [9.17, 15) is 23.6 Å². The first-order chi connectivity index (χ1) is 13.9. The molecule has 0 saturated carbocycles. The fraction of sp³-hybridized carbons (Fsp3) is 0.100. The van der Waals surface area contributed by atoms with Gasteiger partial charge in [0.1, 0.15) is 12.4 Å². The molecule has 0 spiro atoms. The Balaban J connectivity index is 1.69. The third kappa shape index (κ3) is 4.69. The van der Waals surface area contributed by atoms with Crippen molar-refractivity contribution in [3.05, 3.63) is 70.4 Å². The van der Waals surface area contributed by atoms with Crippen LogP contribution in [0.1, 0.15) is 15.9 Å². The van der Waals surface area contributed by atoms with Crippen LogP contribution in [0.15, 0.2) is 53.4 Å². The van der Waals surface area contributed by atoms with Gasteiger partial charge in [0.2, 0.25) is 5.91 Å². The SMILES string of the molecule is COC(=O)c1ccc(/C=C2\SC(=O)N(CC(=O)Nc3ccccc3F)C2=O)cc1. The van der Waals surface area contributed by atoms with Crippen molar-refractivity contribution in [3.63, 3.8) is 0 Å². The number of imide groups is 1. The van der Waals surface area contributed by atoms with Crippen molar-refractivity contribution < 1.29 is 28.3 Å². The Hall–Kier alpha value is -3.46. The van der Waals surface area contributed by atoms with Gasteiger partial charge < -0.3 is 10.1 Å². The van der Waals surface area contributed by atoms with Gasteiger partial charge in [-0.05, 0) is 47.7 Å². The summed E-state index contributed by atoms with van der Waals surface area (Å²) in [4.78, 5) is 49.1. The van der Waals surface area contributed by atoms with Crippen LogP contribution in [0, 0.1) is 5.82 Å². The van der Waals surface area contributed by atoms with Gasteiger partial charge in [-0.1, -0.05) is 24.3 Å². The maximum Gasteiger partial charge on any atom is 0.337 e. The zero-order chi connectivity index (χ0) is 21.0. The van der Waals surface area contributed by atoms with Crippen LogP contribution >= 0.6 is 11.8 Å². The number of halogens is 1. The summed E-state index contributed by atoms with van der Waals surface area (Å²) in [6, 6.07) is 11.9. The molecule has 2 aromatic rings. The fourth-order valence-electron chi connectivity index (χ4n) is 2.52. The summed E-state index contributed by atoms with van der Waals surface area (Å²) < 4.78 is 18.2. The number of rotatable bonds is 5. The molecule has 1 fully saturated rings. The second kappa shape index (κ2) is 8.70. The third-order valence-electron chi connectivity index (χ3n) is 3.95. The number of benzene rings is 2. The van der Waals surface area contributed by atoms with Gasteiger partial charge in [0.15, 0.2) is 0 Å². The summed E-state index contributed by atoms with van der Waals surface area (Å²) in [5.41, 5.74) is 0.909. The van der Waals surface area contributed by atoms with E-state index in [1.165, 1.54) is 43.5 Å². The number of ether oxygens (including phenoxy) is 1. The lowest BCUT2D eigenvalue weighted by atomic mass is 10.1. The van der Waals surface area contributed by atoms with Crippen LogP contribution in [0.25, 0.3) is 6.08 Å². The van der Waals surface area contributed by atoms with E-state index in [4.69, 9.17) is 0 Å². The smallest absolute Gasteiger partial charge is 0.337 e. The molecule has 9 heteroatoms. The Kier molecular flexibility index (Phi) is 6.08. The van der Waals surface area contributed by atoms with Crippen LogP contribution in [-0.4, -0.2) is 41.6 Å². The number of para-hydroxylation sites is 1. The zero-order valence-electron chi connectivity index (χ0n) is 15.2. The number of anilines is 1. The number of thioether (sulfide) groups is 1. The highest BCUT2D eigenvalue weighted by Crippen LogP contribution is 2.32. The van der Waals surface area contributed by atoms with Gasteiger partial charge in [0.25, 0.3) is 11.1 Å². The summed E-state index contributed by atoms with van der Waals surface area (Å²) in [5.74, 6) is -2.43. The molecule has 3 rings (SSSR count). The molecule has 1 aliphatic heterocycles. The predicted octanol–water partition coefficient (Wildman–Crippen LogP) is 3.29. The summed E-state index contributed by atoms with van der Waals surface area (Å²) in [6.45, 7) is -0.530. The van der Waals surface area contributed by atoms with Gasteiger partial charge >= 0.3 is 5.97 Å². The molecule has 1 aliphatic rings. The molecule has 7 nitrogen and oxygen atoms in total. The Labute approximate surface area is 169 Å². The van der Waals surface area contributed by atoms with Gasteiger partial charge in [-0.2, -0.15) is 0 Å². The van der Waals surface area contributed by atoms with Crippen molar-refractivity contribution in [2.24, 2.45) is 0 Å². The number of amides is 3. The molecule has 0 unspecified atom stereocenters. The van der Waals surface area contributed by atoms with E-state index in [1.807, 2.05) is 0 Å². The molecule has 1 saturated heterocycles. The maximum absolute atomic E-state index is 13.6. The number of carbonyl (C=O) groups is 4. The van der Waals surface area contributed by atoms with Crippen LogP contribution in [-0.2, 0) is 14.3 Å². The van der Waals surface area contributed by atoms with E-state index < -0.39 is 35.4 Å². The molecule has 148 valence electrons. The number of carbonyl (C=O) groups excluding carboxylic acids is 4. The van der Waals surface area contributed by atoms with Crippen molar-refractivity contribution in [1.82, 2.24) is 4.90 Å². The van der Waals surface area contributed by atoms with Crippen molar-refractivity contribution in [1.29, 1.82) is 0 Å². The number of nitrogens with one attached hydrogen (secondary N) is 1. The van der Waals surface area contributed by atoms with E-state index in [0.29, 0.717) is 22.9 Å². The second-order valence-electron chi connectivity index (χ2n) is 5.91.